The molecule has 7 heteroatoms. The molecule has 0 aliphatic rings. The molecule has 3 heterocycles. The average Bonchev–Trinajstić information content (AvgIpc) is 3.19. The van der Waals surface area contributed by atoms with Crippen LogP contribution in [0.1, 0.15) is 45.1 Å². The molecular weight excluding hydrogens is 298 g/mol. The van der Waals surface area contributed by atoms with E-state index >= 15 is 0 Å². The topological polar surface area (TPSA) is 108 Å². The Morgan fingerprint density at radius 2 is 2.17 bits per heavy atom. The molecule has 23 heavy (non-hydrogen) atoms. The number of pyridine rings is 1. The average molecular weight is 313 g/mol. The molecule has 0 saturated heterocycles. The molecule has 118 valence electrons. The lowest BCUT2D eigenvalue weighted by atomic mass is 9.94. The van der Waals surface area contributed by atoms with Crippen LogP contribution in [0.25, 0.3) is 11.0 Å². The van der Waals surface area contributed by atoms with Gasteiger partial charge in [0.2, 0.25) is 0 Å². The number of H-pyrrole nitrogens is 1. The first-order valence-electron chi connectivity index (χ1n) is 7.04. The van der Waals surface area contributed by atoms with Crippen molar-refractivity contribution < 1.29 is 19.1 Å². The highest BCUT2D eigenvalue weighted by Crippen LogP contribution is 2.33. The van der Waals surface area contributed by atoms with Crippen LogP contribution in [0.5, 0.6) is 0 Å². The molecule has 0 aliphatic heterocycles. The molecule has 3 N–H and O–H groups in total. The van der Waals surface area contributed by atoms with Crippen LogP contribution < -0.4 is 5.32 Å². The number of aromatic carboxylic acids is 1. The summed E-state index contributed by atoms with van der Waals surface area (Å²) >= 11 is 0. The Kier molecular flexibility index (Phi) is 3.61. The molecule has 1 atom stereocenters. The fourth-order valence-corrected chi connectivity index (χ4v) is 2.63. The van der Waals surface area contributed by atoms with Crippen LogP contribution in [0.3, 0.4) is 0 Å². The van der Waals surface area contributed by atoms with E-state index in [1.807, 2.05) is 19.1 Å². The second-order valence-electron chi connectivity index (χ2n) is 5.13. The Hall–Kier alpha value is -3.09. The van der Waals surface area contributed by atoms with Crippen LogP contribution in [0.4, 0.5) is 0 Å². The van der Waals surface area contributed by atoms with Crippen molar-refractivity contribution in [2.45, 2.75) is 12.8 Å². The Bertz CT molecular complexity index is 894. The zero-order chi connectivity index (χ0) is 16.6. The minimum absolute atomic E-state index is 0.0170. The monoisotopic (exact) mass is 313 g/mol. The quantitative estimate of drug-likeness (QED) is 0.685. The maximum Gasteiger partial charge on any atom is 0.339 e. The summed E-state index contributed by atoms with van der Waals surface area (Å²) in [4.78, 5) is 30.4. The van der Waals surface area contributed by atoms with Crippen LogP contribution in [0.15, 0.2) is 35.0 Å². The van der Waals surface area contributed by atoms with Crippen LogP contribution >= 0.6 is 0 Å². The Balaban J connectivity index is 2.13. The van der Waals surface area contributed by atoms with Crippen molar-refractivity contribution in [3.8, 4) is 0 Å². The highest BCUT2D eigenvalue weighted by Gasteiger charge is 2.26. The summed E-state index contributed by atoms with van der Waals surface area (Å²) in [6.45, 7) is 1.83. The first-order chi connectivity index (χ1) is 11.0. The number of amides is 1. The molecule has 3 rings (SSSR count). The van der Waals surface area contributed by atoms with Crippen molar-refractivity contribution >= 4 is 22.9 Å². The highest BCUT2D eigenvalue weighted by atomic mass is 16.4. The molecule has 0 fully saturated rings. The van der Waals surface area contributed by atoms with Gasteiger partial charge in [-0.1, -0.05) is 6.92 Å². The maximum absolute atomic E-state index is 11.7. The first kappa shape index (κ1) is 14.8. The molecule has 0 aliphatic carbocycles. The summed E-state index contributed by atoms with van der Waals surface area (Å²) in [6.07, 6.45) is 3.41. The number of carboxylic acids is 1. The van der Waals surface area contributed by atoms with Gasteiger partial charge >= 0.3 is 5.97 Å². The molecule has 0 radical (unpaired) electrons. The summed E-state index contributed by atoms with van der Waals surface area (Å²) < 4.78 is 5.55. The Morgan fingerprint density at radius 3 is 2.87 bits per heavy atom. The molecule has 1 unspecified atom stereocenters. The summed E-state index contributed by atoms with van der Waals surface area (Å²) in [5.41, 5.74) is 1.57. The summed E-state index contributed by atoms with van der Waals surface area (Å²) in [7, 11) is 1.46. The van der Waals surface area contributed by atoms with Crippen LogP contribution in [0.2, 0.25) is 0 Å². The number of carboxylic acid groups (broad SMARTS) is 1. The lowest BCUT2D eigenvalue weighted by Gasteiger charge is -2.11. The van der Waals surface area contributed by atoms with E-state index in [4.69, 9.17) is 4.42 Å². The van der Waals surface area contributed by atoms with Crippen LogP contribution in [0, 0.1) is 0 Å². The maximum atomic E-state index is 11.7. The van der Waals surface area contributed by atoms with Gasteiger partial charge in [0.05, 0.1) is 0 Å². The van der Waals surface area contributed by atoms with Crippen molar-refractivity contribution in [2.75, 3.05) is 7.05 Å². The number of furan rings is 1. The third-order valence-electron chi connectivity index (χ3n) is 3.80. The number of carbonyl (C=O) groups is 2. The molecular formula is C16H15N3O4. The normalized spacial score (nSPS) is 12.3. The first-order valence-corrected chi connectivity index (χ1v) is 7.04. The van der Waals surface area contributed by atoms with Crippen molar-refractivity contribution in [1.82, 2.24) is 15.3 Å². The standard InChI is InChI=1S/C16H15N3O4/c1-8(9-3-5-18-14-10(9)4-6-19-14)13-11(16(21)22)7-12(23-13)15(20)17-2/h3-8H,1-2H3,(H,17,20)(H,18,19)(H,21,22). The van der Waals surface area contributed by atoms with Gasteiger partial charge in [-0.3, -0.25) is 4.79 Å². The predicted molar refractivity (Wildman–Crippen MR) is 82.7 cm³/mol. The van der Waals surface area contributed by atoms with Gasteiger partial charge in [0.15, 0.2) is 5.76 Å². The number of carbonyl (C=O) groups excluding carboxylic acids is 1. The van der Waals surface area contributed by atoms with Gasteiger partial charge in [0, 0.05) is 36.8 Å². The number of hydrogen-bond acceptors (Lipinski definition) is 4. The predicted octanol–water partition coefficient (Wildman–Crippen LogP) is 2.37. The van der Waals surface area contributed by atoms with Crippen molar-refractivity contribution in [3.63, 3.8) is 0 Å². The molecule has 0 bridgehead atoms. The van der Waals surface area contributed by atoms with E-state index in [1.54, 1.807) is 12.4 Å². The fraction of sp³-hybridized carbons (Fsp3) is 0.188. The van der Waals surface area contributed by atoms with Crippen molar-refractivity contribution in [1.29, 1.82) is 0 Å². The number of hydrogen-bond donors (Lipinski definition) is 3. The van der Waals surface area contributed by atoms with Gasteiger partial charge in [-0.15, -0.1) is 0 Å². The van der Waals surface area contributed by atoms with Crippen LogP contribution in [-0.4, -0.2) is 34.0 Å². The smallest absolute Gasteiger partial charge is 0.339 e. The SMILES string of the molecule is CNC(=O)c1cc(C(=O)O)c(C(C)c2ccnc3[nH]ccc23)o1. The molecule has 0 saturated carbocycles. The van der Waals surface area contributed by atoms with Gasteiger partial charge in [-0.05, 0) is 17.7 Å². The lowest BCUT2D eigenvalue weighted by molar-refractivity contribution is 0.0693. The summed E-state index contributed by atoms with van der Waals surface area (Å²) in [6, 6.07) is 4.94. The number of nitrogens with one attached hydrogen (secondary N) is 2. The Labute approximate surface area is 131 Å². The molecule has 3 aromatic rings. The molecule has 7 nitrogen and oxygen atoms in total. The van der Waals surface area contributed by atoms with E-state index in [1.165, 1.54) is 13.1 Å². The third-order valence-corrected chi connectivity index (χ3v) is 3.80. The molecule has 3 aromatic heterocycles. The van der Waals surface area contributed by atoms with Gasteiger partial charge < -0.3 is 19.8 Å². The summed E-state index contributed by atoms with van der Waals surface area (Å²) in [5, 5.41) is 12.7. The second-order valence-corrected chi connectivity index (χ2v) is 5.13. The largest absolute Gasteiger partial charge is 0.478 e. The number of aromatic nitrogens is 2. The minimum atomic E-state index is -1.13. The number of rotatable bonds is 4. The van der Waals surface area contributed by atoms with Crippen molar-refractivity contribution in [3.05, 3.63) is 53.2 Å². The molecule has 0 aromatic carbocycles. The number of aromatic amines is 1. The highest BCUT2D eigenvalue weighted by molar-refractivity contribution is 5.96. The number of fused-ring (bicyclic) bond motifs is 1. The fourth-order valence-electron chi connectivity index (χ4n) is 2.63. The zero-order valence-corrected chi connectivity index (χ0v) is 12.6. The van der Waals surface area contributed by atoms with Gasteiger partial charge in [-0.2, -0.15) is 0 Å². The van der Waals surface area contributed by atoms with Gasteiger partial charge in [-0.25, -0.2) is 9.78 Å². The Morgan fingerprint density at radius 1 is 1.39 bits per heavy atom. The van der Waals surface area contributed by atoms with E-state index in [-0.39, 0.29) is 23.0 Å². The molecule has 0 spiro atoms. The minimum Gasteiger partial charge on any atom is -0.478 e. The van der Waals surface area contributed by atoms with Gasteiger partial charge in [0.25, 0.3) is 5.91 Å². The zero-order valence-electron chi connectivity index (χ0n) is 12.6. The van der Waals surface area contributed by atoms with E-state index < -0.39 is 11.9 Å². The van der Waals surface area contributed by atoms with E-state index in [9.17, 15) is 14.7 Å². The van der Waals surface area contributed by atoms with Crippen molar-refractivity contribution in [2.24, 2.45) is 0 Å². The number of nitrogens with zero attached hydrogens (tertiary/aromatic N) is 1. The molecule has 1 amide bonds. The van der Waals surface area contributed by atoms with E-state index in [0.717, 1.165) is 10.9 Å². The second kappa shape index (κ2) is 5.60. The van der Waals surface area contributed by atoms with Gasteiger partial charge in [0.1, 0.15) is 17.0 Å². The van der Waals surface area contributed by atoms with Crippen LogP contribution in [-0.2, 0) is 0 Å². The lowest BCUT2D eigenvalue weighted by Crippen LogP contribution is -2.16. The van der Waals surface area contributed by atoms with E-state index in [2.05, 4.69) is 15.3 Å². The van der Waals surface area contributed by atoms with E-state index in [0.29, 0.717) is 5.65 Å². The summed E-state index contributed by atoms with van der Waals surface area (Å²) in [5.74, 6) is -1.73. The third kappa shape index (κ3) is 2.46.